The van der Waals surface area contributed by atoms with Crippen molar-refractivity contribution in [2.24, 2.45) is 5.16 Å². The van der Waals surface area contributed by atoms with Crippen molar-refractivity contribution in [2.45, 2.75) is 12.5 Å². The number of methoxy groups -OCH3 is 1. The second-order valence-corrected chi connectivity index (χ2v) is 4.53. The highest BCUT2D eigenvalue weighted by Gasteiger charge is 2.25. The van der Waals surface area contributed by atoms with Crippen LogP contribution in [0.15, 0.2) is 47.9 Å². The summed E-state index contributed by atoms with van der Waals surface area (Å²) in [7, 11) is 1.31. The van der Waals surface area contributed by atoms with Crippen LogP contribution in [0.2, 0.25) is 0 Å². The van der Waals surface area contributed by atoms with E-state index in [2.05, 4.69) is 19.9 Å². The predicted molar refractivity (Wildman–Crippen MR) is 74.8 cm³/mol. The van der Waals surface area contributed by atoms with Gasteiger partial charge in [-0.05, 0) is 11.6 Å². The Balaban J connectivity index is 1.79. The predicted octanol–water partition coefficient (Wildman–Crippen LogP) is 2.13. The van der Waals surface area contributed by atoms with Crippen molar-refractivity contribution in [2.75, 3.05) is 7.11 Å². The summed E-state index contributed by atoms with van der Waals surface area (Å²) in [5, 5.41) is 4.06. The second-order valence-electron chi connectivity index (χ2n) is 4.53. The molecule has 0 radical (unpaired) electrons. The molecule has 0 saturated carbocycles. The van der Waals surface area contributed by atoms with Gasteiger partial charge in [-0.3, -0.25) is 0 Å². The molecule has 0 aliphatic carbocycles. The molecule has 2 heterocycles. The summed E-state index contributed by atoms with van der Waals surface area (Å²) in [6.45, 7) is 0. The van der Waals surface area contributed by atoms with Crippen LogP contribution in [0.4, 0.5) is 0 Å². The van der Waals surface area contributed by atoms with Gasteiger partial charge in [0.1, 0.15) is 12.0 Å². The van der Waals surface area contributed by atoms with Gasteiger partial charge in [0.05, 0.1) is 12.8 Å². The number of esters is 1. The first kappa shape index (κ1) is 13.2. The molecule has 1 aliphatic rings. The molecule has 106 valence electrons. The maximum atomic E-state index is 11.5. The van der Waals surface area contributed by atoms with Crippen LogP contribution in [0.1, 0.15) is 34.3 Å². The Morgan fingerprint density at radius 2 is 2.10 bits per heavy atom. The average molecular weight is 283 g/mol. The van der Waals surface area contributed by atoms with E-state index in [9.17, 15) is 4.79 Å². The van der Waals surface area contributed by atoms with Gasteiger partial charge >= 0.3 is 5.97 Å². The first-order valence-corrected chi connectivity index (χ1v) is 6.46. The van der Waals surface area contributed by atoms with Crippen molar-refractivity contribution in [3.63, 3.8) is 0 Å². The fraction of sp³-hybridized carbons (Fsp3) is 0.200. The zero-order chi connectivity index (χ0) is 14.7. The molecule has 3 rings (SSSR count). The third-order valence-electron chi connectivity index (χ3n) is 3.20. The van der Waals surface area contributed by atoms with Gasteiger partial charge in [0.2, 0.25) is 0 Å². The number of hydrogen-bond donors (Lipinski definition) is 0. The molecule has 2 aromatic rings. The normalized spacial score (nSPS) is 17.0. The Hall–Kier alpha value is -2.76. The van der Waals surface area contributed by atoms with Gasteiger partial charge in [-0.1, -0.05) is 35.5 Å². The van der Waals surface area contributed by atoms with E-state index in [1.54, 1.807) is 6.07 Å². The van der Waals surface area contributed by atoms with Crippen LogP contribution < -0.4 is 0 Å². The summed E-state index contributed by atoms with van der Waals surface area (Å²) in [4.78, 5) is 24.9. The minimum absolute atomic E-state index is 0.127. The van der Waals surface area contributed by atoms with Crippen molar-refractivity contribution >= 4 is 11.7 Å². The van der Waals surface area contributed by atoms with Crippen molar-refractivity contribution in [1.82, 2.24) is 9.97 Å². The van der Waals surface area contributed by atoms with Crippen molar-refractivity contribution in [3.05, 3.63) is 59.7 Å². The third kappa shape index (κ3) is 2.74. The highest BCUT2D eigenvalue weighted by atomic mass is 16.6. The second kappa shape index (κ2) is 5.70. The van der Waals surface area contributed by atoms with Gasteiger partial charge in [0, 0.05) is 6.42 Å². The molecule has 0 bridgehead atoms. The number of rotatable bonds is 3. The van der Waals surface area contributed by atoms with E-state index in [4.69, 9.17) is 4.84 Å². The molecule has 6 heteroatoms. The Bertz CT molecular complexity index is 686. The molecule has 0 fully saturated rings. The number of carbonyl (C=O) groups is 1. The largest absolute Gasteiger partial charge is 0.464 e. The highest BCUT2D eigenvalue weighted by molar-refractivity contribution is 6.01. The van der Waals surface area contributed by atoms with E-state index in [0.29, 0.717) is 17.8 Å². The number of carbonyl (C=O) groups excluding carboxylic acids is 1. The first-order chi connectivity index (χ1) is 10.3. The minimum Gasteiger partial charge on any atom is -0.464 e. The van der Waals surface area contributed by atoms with Crippen LogP contribution in [0.3, 0.4) is 0 Å². The van der Waals surface area contributed by atoms with E-state index in [1.807, 2.05) is 30.3 Å². The zero-order valence-electron chi connectivity index (χ0n) is 11.4. The highest BCUT2D eigenvalue weighted by Crippen LogP contribution is 2.28. The molecule has 1 unspecified atom stereocenters. The molecular weight excluding hydrogens is 270 g/mol. The maximum absolute atomic E-state index is 11.5. The van der Waals surface area contributed by atoms with E-state index in [0.717, 1.165) is 5.56 Å². The summed E-state index contributed by atoms with van der Waals surface area (Å²) in [5.74, 6) is -0.502. The van der Waals surface area contributed by atoms with Gasteiger partial charge in [0.15, 0.2) is 11.8 Å². The van der Waals surface area contributed by atoms with Gasteiger partial charge in [0.25, 0.3) is 0 Å². The Morgan fingerprint density at radius 1 is 1.29 bits per heavy atom. The minimum atomic E-state index is -0.502. The topological polar surface area (TPSA) is 73.7 Å². The van der Waals surface area contributed by atoms with Crippen LogP contribution in [0.25, 0.3) is 0 Å². The lowest BCUT2D eigenvalue weighted by atomic mass is 10.0. The smallest absolute Gasteiger partial charge is 0.356 e. The number of benzene rings is 1. The van der Waals surface area contributed by atoms with Gasteiger partial charge < -0.3 is 9.57 Å². The fourth-order valence-corrected chi connectivity index (χ4v) is 2.11. The first-order valence-electron chi connectivity index (χ1n) is 6.46. The average Bonchev–Trinajstić information content (AvgIpc) is 3.05. The number of nitrogens with zero attached hydrogens (tertiary/aromatic N) is 3. The molecule has 1 atom stereocenters. The monoisotopic (exact) mass is 283 g/mol. The molecule has 1 aliphatic heterocycles. The van der Waals surface area contributed by atoms with Crippen LogP contribution >= 0.6 is 0 Å². The molecule has 0 spiro atoms. The Labute approximate surface area is 121 Å². The van der Waals surface area contributed by atoms with E-state index in [-0.39, 0.29) is 11.8 Å². The molecule has 1 aromatic heterocycles. The van der Waals surface area contributed by atoms with Crippen LogP contribution in [-0.4, -0.2) is 28.8 Å². The standard InChI is InChI=1S/C15H13N3O3/c1-20-15(19)13-7-11(16-9-17-13)12-8-14(21-18-12)10-5-3-2-4-6-10/h2-7,9,14H,8H2,1H3. The number of aromatic nitrogens is 2. The van der Waals surface area contributed by atoms with Gasteiger partial charge in [-0.15, -0.1) is 0 Å². The molecular formula is C15H13N3O3. The number of hydrogen-bond acceptors (Lipinski definition) is 6. The van der Waals surface area contributed by atoms with E-state index < -0.39 is 5.97 Å². The molecule has 0 saturated heterocycles. The molecule has 21 heavy (non-hydrogen) atoms. The fourth-order valence-electron chi connectivity index (χ4n) is 2.11. The SMILES string of the molecule is COC(=O)c1cc(C2=NOC(c3ccccc3)C2)ncn1. The van der Waals surface area contributed by atoms with Crippen molar-refractivity contribution < 1.29 is 14.4 Å². The maximum Gasteiger partial charge on any atom is 0.356 e. The van der Waals surface area contributed by atoms with E-state index in [1.165, 1.54) is 13.4 Å². The van der Waals surface area contributed by atoms with Crippen molar-refractivity contribution in [3.8, 4) is 0 Å². The summed E-state index contributed by atoms with van der Waals surface area (Å²) in [5.41, 5.74) is 2.52. The summed E-state index contributed by atoms with van der Waals surface area (Å²) in [6, 6.07) is 11.4. The van der Waals surface area contributed by atoms with Gasteiger partial charge in [-0.2, -0.15) is 0 Å². The lowest BCUT2D eigenvalue weighted by Gasteiger charge is -2.07. The Kier molecular flexibility index (Phi) is 3.59. The molecule has 0 N–H and O–H groups in total. The van der Waals surface area contributed by atoms with Crippen molar-refractivity contribution in [1.29, 1.82) is 0 Å². The van der Waals surface area contributed by atoms with Crippen LogP contribution in [-0.2, 0) is 9.57 Å². The lowest BCUT2D eigenvalue weighted by molar-refractivity contribution is 0.0593. The lowest BCUT2D eigenvalue weighted by Crippen LogP contribution is -2.09. The summed E-state index contributed by atoms with van der Waals surface area (Å²) in [6.07, 6.45) is 1.79. The third-order valence-corrected chi connectivity index (χ3v) is 3.20. The van der Waals surface area contributed by atoms with E-state index >= 15 is 0 Å². The zero-order valence-corrected chi connectivity index (χ0v) is 11.4. The summed E-state index contributed by atoms with van der Waals surface area (Å²) < 4.78 is 4.64. The Morgan fingerprint density at radius 3 is 2.86 bits per heavy atom. The quantitative estimate of drug-likeness (QED) is 0.807. The van der Waals surface area contributed by atoms with Crippen LogP contribution in [0, 0.1) is 0 Å². The van der Waals surface area contributed by atoms with Gasteiger partial charge in [-0.25, -0.2) is 14.8 Å². The number of ether oxygens (including phenoxy) is 1. The van der Waals surface area contributed by atoms with Crippen LogP contribution in [0.5, 0.6) is 0 Å². The molecule has 6 nitrogen and oxygen atoms in total. The summed E-state index contributed by atoms with van der Waals surface area (Å²) >= 11 is 0. The molecule has 0 amide bonds. The number of oxime groups is 1. The molecule has 1 aromatic carbocycles.